The lowest BCUT2D eigenvalue weighted by molar-refractivity contribution is 0.0634. The largest absolute Gasteiger partial charge is 0.477 e. The van der Waals surface area contributed by atoms with Crippen molar-refractivity contribution in [3.63, 3.8) is 0 Å². The molecule has 2 N–H and O–H groups in total. The number of hydrogen-bond acceptors (Lipinski definition) is 5. The summed E-state index contributed by atoms with van der Waals surface area (Å²) in [7, 11) is 0. The van der Waals surface area contributed by atoms with Gasteiger partial charge in [0.1, 0.15) is 17.0 Å². The number of rotatable bonds is 3. The third-order valence-corrected chi connectivity index (χ3v) is 3.76. The van der Waals surface area contributed by atoms with Crippen molar-refractivity contribution in [2.24, 2.45) is 0 Å². The lowest BCUT2D eigenvalue weighted by atomic mass is 10.1. The quantitative estimate of drug-likeness (QED) is 0.699. The number of ether oxygens (including phenoxy) is 1. The third-order valence-electron chi connectivity index (χ3n) is 3.48. The maximum absolute atomic E-state index is 11.9. The number of nitrogens with zero attached hydrogens (tertiary/aromatic N) is 3. The fourth-order valence-electron chi connectivity index (χ4n) is 2.43. The van der Waals surface area contributed by atoms with E-state index in [1.807, 2.05) is 0 Å². The minimum absolute atomic E-state index is 0.0505. The Hall–Kier alpha value is -3.13. The van der Waals surface area contributed by atoms with Crippen LogP contribution < -0.4 is 5.32 Å². The second-order valence-electron chi connectivity index (χ2n) is 6.75. The number of anilines is 1. The molecule has 2 heterocycles. The molecule has 0 spiro atoms. The lowest BCUT2D eigenvalue weighted by Crippen LogP contribution is -2.27. The van der Waals surface area contributed by atoms with E-state index in [2.05, 4.69) is 15.4 Å². The van der Waals surface area contributed by atoms with Gasteiger partial charge in [0.25, 0.3) is 0 Å². The summed E-state index contributed by atoms with van der Waals surface area (Å²) in [6.07, 6.45) is 0.904. The smallest absolute Gasteiger partial charge is 0.412 e. The van der Waals surface area contributed by atoms with E-state index < -0.39 is 17.7 Å². The Labute approximate surface area is 159 Å². The van der Waals surface area contributed by atoms with Gasteiger partial charge in [0.2, 0.25) is 0 Å². The number of hydrogen-bond donors (Lipinski definition) is 2. The summed E-state index contributed by atoms with van der Waals surface area (Å²) in [5.74, 6) is -1.10. The monoisotopic (exact) mass is 388 g/mol. The fraction of sp³-hybridized carbons (Fsp3) is 0.222. The molecule has 0 unspecified atom stereocenters. The molecule has 0 saturated heterocycles. The molecule has 2 aromatic heterocycles. The molecule has 8 nitrogen and oxygen atoms in total. The Bertz CT molecular complexity index is 1040. The Morgan fingerprint density at radius 2 is 1.96 bits per heavy atom. The van der Waals surface area contributed by atoms with Crippen LogP contribution >= 0.6 is 11.6 Å². The lowest BCUT2D eigenvalue weighted by Gasteiger charge is -2.19. The number of benzene rings is 1. The molecule has 0 radical (unpaired) electrons. The number of fused-ring (bicyclic) bond motifs is 1. The number of carboxylic acid groups (broad SMARTS) is 1. The van der Waals surface area contributed by atoms with Gasteiger partial charge in [-0.15, -0.1) is 0 Å². The number of aromatic carboxylic acids is 1. The zero-order valence-corrected chi connectivity index (χ0v) is 15.6. The molecule has 0 aliphatic carbocycles. The third kappa shape index (κ3) is 4.17. The highest BCUT2D eigenvalue weighted by Gasteiger charge is 2.19. The van der Waals surface area contributed by atoms with Crippen LogP contribution in [0.25, 0.3) is 16.6 Å². The molecular formula is C18H17ClN4O4. The highest BCUT2D eigenvalue weighted by Crippen LogP contribution is 2.26. The summed E-state index contributed by atoms with van der Waals surface area (Å²) >= 11 is 6.13. The first-order valence-corrected chi connectivity index (χ1v) is 8.40. The van der Waals surface area contributed by atoms with Gasteiger partial charge in [-0.25, -0.2) is 19.3 Å². The van der Waals surface area contributed by atoms with Gasteiger partial charge in [0, 0.05) is 5.39 Å². The number of carbonyl (C=O) groups is 2. The summed E-state index contributed by atoms with van der Waals surface area (Å²) in [5, 5.41) is 16.6. The Morgan fingerprint density at radius 1 is 1.22 bits per heavy atom. The van der Waals surface area contributed by atoms with Gasteiger partial charge in [-0.05, 0) is 45.0 Å². The zero-order valence-electron chi connectivity index (χ0n) is 14.9. The van der Waals surface area contributed by atoms with Crippen LogP contribution in [0.3, 0.4) is 0 Å². The van der Waals surface area contributed by atoms with Crippen LogP contribution in [0.4, 0.5) is 10.5 Å². The Kier molecular flexibility index (Phi) is 4.75. The highest BCUT2D eigenvalue weighted by atomic mass is 35.5. The normalized spacial score (nSPS) is 11.4. The van der Waals surface area contributed by atoms with Crippen molar-refractivity contribution < 1.29 is 19.4 Å². The number of nitrogens with one attached hydrogen (secondary N) is 1. The molecule has 1 aromatic carbocycles. The predicted molar refractivity (Wildman–Crippen MR) is 101 cm³/mol. The summed E-state index contributed by atoms with van der Waals surface area (Å²) in [6.45, 7) is 5.27. The topological polar surface area (TPSA) is 106 Å². The Balaban J connectivity index is 1.96. The average molecular weight is 389 g/mol. The van der Waals surface area contributed by atoms with Crippen LogP contribution in [0, 0.1) is 0 Å². The van der Waals surface area contributed by atoms with Crippen LogP contribution in [0.1, 0.15) is 31.3 Å². The molecule has 0 bridgehead atoms. The second-order valence-corrected chi connectivity index (χ2v) is 7.11. The van der Waals surface area contributed by atoms with E-state index in [-0.39, 0.29) is 16.5 Å². The summed E-state index contributed by atoms with van der Waals surface area (Å²) in [6, 6.07) is 8.28. The van der Waals surface area contributed by atoms with E-state index in [9.17, 15) is 9.59 Å². The minimum atomic E-state index is -1.10. The summed E-state index contributed by atoms with van der Waals surface area (Å²) in [4.78, 5) is 27.2. The molecule has 0 fully saturated rings. The number of carbonyl (C=O) groups excluding carboxylic acids is 1. The fourth-order valence-corrected chi connectivity index (χ4v) is 2.61. The molecule has 27 heavy (non-hydrogen) atoms. The van der Waals surface area contributed by atoms with Crippen molar-refractivity contribution in [1.29, 1.82) is 0 Å². The number of pyridine rings is 1. The van der Waals surface area contributed by atoms with E-state index in [1.165, 1.54) is 10.7 Å². The number of aromatic nitrogens is 3. The Morgan fingerprint density at radius 3 is 2.63 bits per heavy atom. The van der Waals surface area contributed by atoms with Crippen LogP contribution in [0.5, 0.6) is 0 Å². The van der Waals surface area contributed by atoms with Crippen LogP contribution in [0.15, 0.2) is 36.5 Å². The van der Waals surface area contributed by atoms with Crippen LogP contribution in [-0.2, 0) is 4.74 Å². The van der Waals surface area contributed by atoms with Crippen LogP contribution in [0.2, 0.25) is 5.15 Å². The van der Waals surface area contributed by atoms with Crippen molar-refractivity contribution in [3.8, 4) is 5.69 Å². The van der Waals surface area contributed by atoms with Gasteiger partial charge < -0.3 is 9.84 Å². The summed E-state index contributed by atoms with van der Waals surface area (Å²) in [5.41, 5.74) is 0.732. The maximum atomic E-state index is 11.9. The van der Waals surface area contributed by atoms with Gasteiger partial charge in [-0.3, -0.25) is 5.32 Å². The first-order chi connectivity index (χ1) is 12.6. The molecule has 0 atom stereocenters. The van der Waals surface area contributed by atoms with Crippen molar-refractivity contribution in [3.05, 3.63) is 47.4 Å². The average Bonchev–Trinajstić information content (AvgIpc) is 2.92. The predicted octanol–water partition coefficient (Wildman–Crippen LogP) is 4.12. The molecule has 0 aliphatic heterocycles. The summed E-state index contributed by atoms with van der Waals surface area (Å²) < 4.78 is 6.69. The molecular weight excluding hydrogens is 372 g/mol. The molecule has 1 amide bonds. The van der Waals surface area contributed by atoms with Gasteiger partial charge in [-0.1, -0.05) is 17.7 Å². The maximum Gasteiger partial charge on any atom is 0.412 e. The van der Waals surface area contributed by atoms with Crippen molar-refractivity contribution in [1.82, 2.24) is 14.8 Å². The van der Waals surface area contributed by atoms with E-state index in [1.54, 1.807) is 51.2 Å². The standard InChI is InChI=1S/C18H17ClN4O4/c1-18(2,3)27-17(26)21-13-9-23(22-15(13)19)14-6-4-5-11-10(14)7-8-12(20-11)16(24)25/h4-9H,1-3H3,(H,21,26)(H,24,25). The van der Waals surface area contributed by atoms with Crippen LogP contribution in [-0.4, -0.2) is 37.5 Å². The van der Waals surface area contributed by atoms with Gasteiger partial charge in [0.15, 0.2) is 5.15 Å². The molecule has 3 rings (SSSR count). The number of amides is 1. The minimum Gasteiger partial charge on any atom is -0.477 e. The van der Waals surface area contributed by atoms with E-state index in [4.69, 9.17) is 21.4 Å². The SMILES string of the molecule is CC(C)(C)OC(=O)Nc1cn(-c2cccc3nc(C(=O)O)ccc23)nc1Cl. The second kappa shape index (κ2) is 6.88. The van der Waals surface area contributed by atoms with Gasteiger partial charge in [0.05, 0.1) is 17.4 Å². The molecule has 0 aliphatic rings. The molecule has 3 aromatic rings. The molecule has 140 valence electrons. The molecule has 9 heteroatoms. The zero-order chi connectivity index (χ0) is 19.8. The van der Waals surface area contributed by atoms with E-state index in [0.29, 0.717) is 16.6 Å². The van der Waals surface area contributed by atoms with Crippen molar-refractivity contribution in [2.45, 2.75) is 26.4 Å². The van der Waals surface area contributed by atoms with E-state index in [0.717, 1.165) is 0 Å². The van der Waals surface area contributed by atoms with Crippen molar-refractivity contribution >= 4 is 40.3 Å². The highest BCUT2D eigenvalue weighted by molar-refractivity contribution is 6.32. The first-order valence-electron chi connectivity index (χ1n) is 8.03. The van der Waals surface area contributed by atoms with Crippen molar-refractivity contribution in [2.75, 3.05) is 5.32 Å². The van der Waals surface area contributed by atoms with Gasteiger partial charge in [-0.2, -0.15) is 5.10 Å². The number of halogens is 1. The first kappa shape index (κ1) is 18.7. The van der Waals surface area contributed by atoms with E-state index >= 15 is 0 Å². The van der Waals surface area contributed by atoms with Gasteiger partial charge >= 0.3 is 12.1 Å². The molecule has 0 saturated carbocycles. The number of carboxylic acids is 1.